The van der Waals surface area contributed by atoms with Crippen LogP contribution in [0.4, 0.5) is 10.5 Å². The summed E-state index contributed by atoms with van der Waals surface area (Å²) in [5.74, 6) is 0.687. The van der Waals surface area contributed by atoms with Gasteiger partial charge in [-0.2, -0.15) is 5.10 Å². The highest BCUT2D eigenvalue weighted by molar-refractivity contribution is 6.00. The zero-order valence-electron chi connectivity index (χ0n) is 18.3. The summed E-state index contributed by atoms with van der Waals surface area (Å²) in [5, 5.41) is 13.7. The molecule has 3 heterocycles. The first-order chi connectivity index (χ1) is 16.1. The van der Waals surface area contributed by atoms with E-state index in [1.165, 1.54) is 0 Å². The fraction of sp³-hybridized carbons (Fsp3) is 0.240. The number of aromatic amines is 1. The van der Waals surface area contributed by atoms with E-state index in [1.54, 1.807) is 6.20 Å². The Labute approximate surface area is 191 Å². The number of urea groups is 1. The molecule has 3 N–H and O–H groups in total. The number of nitrogens with zero attached hydrogens (tertiary/aromatic N) is 2. The quantitative estimate of drug-likeness (QED) is 0.425. The number of aryl methyl sites for hydroxylation is 1. The zero-order valence-corrected chi connectivity index (χ0v) is 18.3. The van der Waals surface area contributed by atoms with Crippen LogP contribution in [-0.4, -0.2) is 46.7 Å². The predicted octanol–water partition coefficient (Wildman–Crippen LogP) is 4.42. The molecule has 8 heteroatoms. The summed E-state index contributed by atoms with van der Waals surface area (Å²) >= 11 is 0. The molecule has 1 fully saturated rings. The predicted molar refractivity (Wildman–Crippen MR) is 126 cm³/mol. The summed E-state index contributed by atoms with van der Waals surface area (Å²) in [6, 6.07) is 17.0. The van der Waals surface area contributed by atoms with Crippen molar-refractivity contribution in [3.63, 3.8) is 0 Å². The van der Waals surface area contributed by atoms with Gasteiger partial charge in [0.2, 0.25) is 0 Å². The van der Waals surface area contributed by atoms with Crippen molar-refractivity contribution in [2.75, 3.05) is 25.0 Å². The average Bonchev–Trinajstić information content (AvgIpc) is 3.56. The van der Waals surface area contributed by atoms with E-state index in [2.05, 4.69) is 20.8 Å². The van der Waals surface area contributed by atoms with Crippen molar-refractivity contribution >= 4 is 28.6 Å². The van der Waals surface area contributed by atoms with Crippen molar-refractivity contribution in [2.24, 2.45) is 5.92 Å². The molecule has 0 radical (unpaired) electrons. The number of nitrogens with one attached hydrogen (secondary N) is 3. The second-order valence-corrected chi connectivity index (χ2v) is 8.42. The van der Waals surface area contributed by atoms with E-state index in [4.69, 9.17) is 4.42 Å². The van der Waals surface area contributed by atoms with E-state index >= 15 is 0 Å². The Morgan fingerprint density at radius 1 is 1.18 bits per heavy atom. The smallest absolute Gasteiger partial charge is 0.319 e. The van der Waals surface area contributed by atoms with Crippen LogP contribution in [0.2, 0.25) is 0 Å². The van der Waals surface area contributed by atoms with Gasteiger partial charge in [0.25, 0.3) is 5.91 Å². The number of hydrogen-bond acceptors (Lipinski definition) is 4. The number of amides is 3. The highest BCUT2D eigenvalue weighted by Gasteiger charge is 2.30. The molecule has 0 saturated carbocycles. The number of aromatic nitrogens is 2. The first-order valence-corrected chi connectivity index (χ1v) is 11.0. The summed E-state index contributed by atoms with van der Waals surface area (Å²) in [7, 11) is 0. The molecule has 2 aromatic carbocycles. The van der Waals surface area contributed by atoms with E-state index in [9.17, 15) is 9.59 Å². The maximum Gasteiger partial charge on any atom is 0.319 e. The van der Waals surface area contributed by atoms with Gasteiger partial charge >= 0.3 is 6.03 Å². The first kappa shape index (κ1) is 20.8. The van der Waals surface area contributed by atoms with Crippen LogP contribution in [0.3, 0.4) is 0 Å². The summed E-state index contributed by atoms with van der Waals surface area (Å²) in [6.07, 6.45) is 2.38. The molecule has 33 heavy (non-hydrogen) atoms. The number of hydrogen-bond donors (Lipinski definition) is 3. The van der Waals surface area contributed by atoms with Gasteiger partial charge in [-0.15, -0.1) is 0 Å². The second kappa shape index (κ2) is 8.82. The lowest BCUT2D eigenvalue weighted by molar-refractivity contribution is 0.0788. The molecule has 1 saturated heterocycles. The normalized spacial score (nSPS) is 15.7. The molecule has 1 aliphatic heterocycles. The first-order valence-electron chi connectivity index (χ1n) is 11.0. The molecule has 3 amide bonds. The Balaban J connectivity index is 1.19. The van der Waals surface area contributed by atoms with E-state index in [0.29, 0.717) is 36.7 Å². The summed E-state index contributed by atoms with van der Waals surface area (Å²) in [4.78, 5) is 27.2. The molecule has 0 bridgehead atoms. The molecule has 0 aliphatic carbocycles. The Bertz CT molecular complexity index is 1280. The van der Waals surface area contributed by atoms with Gasteiger partial charge in [0, 0.05) is 30.7 Å². The number of carbonyl (C=O) groups excluding carboxylic acids is 2. The van der Waals surface area contributed by atoms with Crippen LogP contribution in [0.25, 0.3) is 22.4 Å². The minimum atomic E-state index is -0.243. The van der Waals surface area contributed by atoms with E-state index < -0.39 is 0 Å². The monoisotopic (exact) mass is 443 g/mol. The van der Waals surface area contributed by atoms with Gasteiger partial charge in [-0.3, -0.25) is 9.89 Å². The number of H-pyrrole nitrogens is 1. The van der Waals surface area contributed by atoms with Crippen molar-refractivity contribution in [1.82, 2.24) is 20.4 Å². The maximum absolute atomic E-state index is 13.2. The summed E-state index contributed by atoms with van der Waals surface area (Å²) in [5.41, 5.74) is 3.67. The Morgan fingerprint density at radius 2 is 2.06 bits per heavy atom. The van der Waals surface area contributed by atoms with E-state index in [1.807, 2.05) is 66.4 Å². The van der Waals surface area contributed by atoms with Gasteiger partial charge in [-0.25, -0.2) is 4.79 Å². The number of fused-ring (bicyclic) bond motifs is 1. The molecule has 5 rings (SSSR count). The van der Waals surface area contributed by atoms with Crippen molar-refractivity contribution in [3.8, 4) is 11.5 Å². The molecule has 2 aromatic heterocycles. The molecular weight excluding hydrogens is 418 g/mol. The highest BCUT2D eigenvalue weighted by Crippen LogP contribution is 2.30. The highest BCUT2D eigenvalue weighted by atomic mass is 16.3. The topological polar surface area (TPSA) is 103 Å². The molecule has 1 atom stereocenters. The van der Waals surface area contributed by atoms with Crippen molar-refractivity contribution in [2.45, 2.75) is 13.3 Å². The Kier molecular flexibility index (Phi) is 5.56. The van der Waals surface area contributed by atoms with Crippen molar-refractivity contribution < 1.29 is 14.0 Å². The number of para-hydroxylation sites is 1. The maximum atomic E-state index is 13.2. The van der Waals surface area contributed by atoms with Gasteiger partial charge in [0.15, 0.2) is 5.76 Å². The van der Waals surface area contributed by atoms with Gasteiger partial charge in [-0.05, 0) is 49.1 Å². The van der Waals surface area contributed by atoms with E-state index in [0.717, 1.165) is 28.6 Å². The van der Waals surface area contributed by atoms with Crippen molar-refractivity contribution in [1.29, 1.82) is 0 Å². The average molecular weight is 444 g/mol. The van der Waals surface area contributed by atoms with Crippen LogP contribution in [0.15, 0.2) is 65.2 Å². The molecule has 168 valence electrons. The van der Waals surface area contributed by atoms with Crippen LogP contribution in [-0.2, 0) is 0 Å². The van der Waals surface area contributed by atoms with Gasteiger partial charge in [0.1, 0.15) is 11.3 Å². The van der Waals surface area contributed by atoms with Crippen LogP contribution >= 0.6 is 0 Å². The third-order valence-corrected chi connectivity index (χ3v) is 5.94. The molecule has 0 spiro atoms. The van der Waals surface area contributed by atoms with Crippen LogP contribution < -0.4 is 10.6 Å². The molecule has 8 nitrogen and oxygen atoms in total. The summed E-state index contributed by atoms with van der Waals surface area (Å²) in [6.45, 7) is 3.69. The van der Waals surface area contributed by atoms with Gasteiger partial charge in [0.05, 0.1) is 11.8 Å². The molecular formula is C25H25N5O3. The summed E-state index contributed by atoms with van der Waals surface area (Å²) < 4.78 is 5.91. The molecule has 1 unspecified atom stereocenters. The largest absolute Gasteiger partial charge is 0.454 e. The van der Waals surface area contributed by atoms with E-state index in [-0.39, 0.29) is 17.9 Å². The number of anilines is 1. The lowest BCUT2D eigenvalue weighted by Crippen LogP contribution is -2.35. The number of benzene rings is 2. The van der Waals surface area contributed by atoms with Crippen LogP contribution in [0, 0.1) is 12.8 Å². The van der Waals surface area contributed by atoms with Gasteiger partial charge in [-0.1, -0.05) is 30.3 Å². The number of likely N-dealkylation sites (tertiary alicyclic amines) is 1. The van der Waals surface area contributed by atoms with Crippen LogP contribution in [0.5, 0.6) is 0 Å². The molecule has 1 aliphatic rings. The number of rotatable bonds is 5. The number of furan rings is 1. The minimum Gasteiger partial charge on any atom is -0.454 e. The SMILES string of the molecule is Cc1cccc(NC(=O)NCC2CCN(C(=O)c3cn[nH]c3-c3cc4ccccc4o3)C2)c1. The Hall–Kier alpha value is -4.07. The third kappa shape index (κ3) is 4.45. The fourth-order valence-electron chi connectivity index (χ4n) is 4.23. The Morgan fingerprint density at radius 3 is 2.91 bits per heavy atom. The molecule has 4 aromatic rings. The lowest BCUT2D eigenvalue weighted by atomic mass is 10.1. The fourth-order valence-corrected chi connectivity index (χ4v) is 4.23. The van der Waals surface area contributed by atoms with Gasteiger partial charge < -0.3 is 20.0 Å². The third-order valence-electron chi connectivity index (χ3n) is 5.94. The van der Waals surface area contributed by atoms with Crippen LogP contribution in [0.1, 0.15) is 22.3 Å². The lowest BCUT2D eigenvalue weighted by Gasteiger charge is -2.17. The zero-order chi connectivity index (χ0) is 22.8. The number of carbonyl (C=O) groups is 2. The standard InChI is InChI=1S/C25H25N5O3/c1-16-5-4-7-19(11-16)28-25(32)26-13-17-9-10-30(15-17)24(31)20-14-27-29-23(20)22-12-18-6-2-3-8-21(18)33-22/h2-8,11-12,14,17H,9-10,13,15H2,1H3,(H,27,29)(H2,26,28,32). The second-order valence-electron chi connectivity index (χ2n) is 8.42. The van der Waals surface area contributed by atoms with Crippen molar-refractivity contribution in [3.05, 3.63) is 71.9 Å². The minimum absolute atomic E-state index is 0.0917.